The molecule has 0 aromatic heterocycles. The Bertz CT molecular complexity index is 1010. The van der Waals surface area contributed by atoms with Crippen molar-refractivity contribution in [2.24, 2.45) is 5.14 Å². The van der Waals surface area contributed by atoms with E-state index in [4.69, 9.17) is 9.88 Å². The van der Waals surface area contributed by atoms with Gasteiger partial charge in [-0.3, -0.25) is 20.4 Å². The Balaban J connectivity index is 2.05. The Morgan fingerprint density at radius 1 is 1.07 bits per heavy atom. The van der Waals surface area contributed by atoms with Crippen molar-refractivity contribution in [2.75, 3.05) is 0 Å². The van der Waals surface area contributed by atoms with Gasteiger partial charge in [0.25, 0.3) is 11.8 Å². The number of amides is 2. The van der Waals surface area contributed by atoms with Crippen LogP contribution in [0, 0.1) is 19.7 Å². The summed E-state index contributed by atoms with van der Waals surface area (Å²) in [5.74, 6) is -1.54. The topological polar surface area (TPSA) is 128 Å². The van der Waals surface area contributed by atoms with E-state index in [9.17, 15) is 22.4 Å². The summed E-state index contributed by atoms with van der Waals surface area (Å²) >= 11 is 0. The van der Waals surface area contributed by atoms with Crippen molar-refractivity contribution < 1.29 is 27.1 Å². The molecule has 0 fully saturated rings. The standard InChI is InChI=1S/C18H20FN3O5S/c1-10-8-11(2)16(28(20,25)26)9-15(10)18(24)22-21-17(23)12(3)27-14-6-4-13(19)5-7-14/h4-9,12H,1-3H3,(H,21,23)(H,22,24)(H2,20,25,26). The fraction of sp³-hybridized carbons (Fsp3) is 0.222. The number of sulfonamides is 1. The molecule has 0 aliphatic heterocycles. The Morgan fingerprint density at radius 2 is 1.68 bits per heavy atom. The second-order valence-electron chi connectivity index (χ2n) is 6.14. The number of rotatable bonds is 5. The van der Waals surface area contributed by atoms with Crippen LogP contribution in [-0.4, -0.2) is 26.3 Å². The van der Waals surface area contributed by atoms with E-state index >= 15 is 0 Å². The average molecular weight is 409 g/mol. The highest BCUT2D eigenvalue weighted by Gasteiger charge is 2.20. The van der Waals surface area contributed by atoms with Gasteiger partial charge in [0.05, 0.1) is 4.90 Å². The smallest absolute Gasteiger partial charge is 0.279 e. The molecule has 2 amide bonds. The van der Waals surface area contributed by atoms with Crippen LogP contribution in [0.4, 0.5) is 4.39 Å². The van der Waals surface area contributed by atoms with Gasteiger partial charge in [-0.15, -0.1) is 0 Å². The molecule has 0 saturated carbocycles. The minimum absolute atomic E-state index is 0.0435. The maximum absolute atomic E-state index is 12.9. The maximum Gasteiger partial charge on any atom is 0.279 e. The number of hydrogen-bond donors (Lipinski definition) is 3. The van der Waals surface area contributed by atoms with E-state index in [0.29, 0.717) is 11.1 Å². The van der Waals surface area contributed by atoms with Crippen LogP contribution in [0.15, 0.2) is 41.3 Å². The van der Waals surface area contributed by atoms with Gasteiger partial charge in [-0.2, -0.15) is 0 Å². The molecule has 28 heavy (non-hydrogen) atoms. The van der Waals surface area contributed by atoms with Gasteiger partial charge in [0.1, 0.15) is 11.6 Å². The van der Waals surface area contributed by atoms with Crippen molar-refractivity contribution in [3.63, 3.8) is 0 Å². The molecule has 0 heterocycles. The van der Waals surface area contributed by atoms with Crippen molar-refractivity contribution >= 4 is 21.8 Å². The fourth-order valence-corrected chi connectivity index (χ4v) is 3.23. The zero-order valence-corrected chi connectivity index (χ0v) is 16.3. The third-order valence-electron chi connectivity index (χ3n) is 3.87. The Kier molecular flexibility index (Phi) is 6.37. The first kappa shape index (κ1) is 21.3. The van der Waals surface area contributed by atoms with Crippen molar-refractivity contribution in [2.45, 2.75) is 31.8 Å². The van der Waals surface area contributed by atoms with Gasteiger partial charge in [-0.05, 0) is 62.2 Å². The highest BCUT2D eigenvalue weighted by molar-refractivity contribution is 7.89. The molecule has 8 nitrogen and oxygen atoms in total. The van der Waals surface area contributed by atoms with E-state index < -0.39 is 33.8 Å². The summed E-state index contributed by atoms with van der Waals surface area (Å²) in [7, 11) is -4.00. The zero-order valence-electron chi connectivity index (χ0n) is 15.4. The lowest BCUT2D eigenvalue weighted by Crippen LogP contribution is -2.47. The normalized spacial score (nSPS) is 12.2. The summed E-state index contributed by atoms with van der Waals surface area (Å²) in [5, 5.41) is 5.15. The lowest BCUT2D eigenvalue weighted by Gasteiger charge is -2.16. The number of primary sulfonamides is 1. The second-order valence-corrected chi connectivity index (χ2v) is 7.66. The van der Waals surface area contributed by atoms with Gasteiger partial charge in [0.2, 0.25) is 10.0 Å². The summed E-state index contributed by atoms with van der Waals surface area (Å²) in [5.41, 5.74) is 5.35. The van der Waals surface area contributed by atoms with E-state index in [1.165, 1.54) is 37.3 Å². The monoisotopic (exact) mass is 409 g/mol. The largest absolute Gasteiger partial charge is 0.481 e. The van der Waals surface area contributed by atoms with E-state index in [2.05, 4.69) is 10.9 Å². The summed E-state index contributed by atoms with van der Waals surface area (Å²) in [6, 6.07) is 7.76. The predicted octanol–water partition coefficient (Wildman–Crippen LogP) is 1.32. The van der Waals surface area contributed by atoms with E-state index in [1.807, 2.05) is 0 Å². The first-order chi connectivity index (χ1) is 13.0. The molecule has 0 saturated heterocycles. The number of hydrogen-bond acceptors (Lipinski definition) is 5. The number of nitrogens with one attached hydrogen (secondary N) is 2. The number of nitrogens with two attached hydrogens (primary N) is 1. The molecule has 0 radical (unpaired) electrons. The lowest BCUT2D eigenvalue weighted by atomic mass is 10.1. The Labute approximate surface area is 161 Å². The lowest BCUT2D eigenvalue weighted by molar-refractivity contribution is -0.128. The van der Waals surface area contributed by atoms with Crippen molar-refractivity contribution in [3.05, 3.63) is 58.9 Å². The maximum atomic E-state index is 12.9. The van der Waals surface area contributed by atoms with Crippen LogP contribution in [0.1, 0.15) is 28.4 Å². The van der Waals surface area contributed by atoms with Gasteiger partial charge in [0, 0.05) is 5.56 Å². The first-order valence-corrected chi connectivity index (χ1v) is 9.70. The SMILES string of the molecule is Cc1cc(C)c(S(N)(=O)=O)cc1C(=O)NNC(=O)C(C)Oc1ccc(F)cc1. The minimum Gasteiger partial charge on any atom is -0.481 e. The van der Waals surface area contributed by atoms with Gasteiger partial charge < -0.3 is 4.74 Å². The number of ether oxygens (including phenoxy) is 1. The number of carbonyl (C=O) groups excluding carboxylic acids is 2. The average Bonchev–Trinajstić information content (AvgIpc) is 2.60. The molecule has 2 aromatic rings. The summed E-state index contributed by atoms with van der Waals surface area (Å²) in [6.07, 6.45) is -0.982. The molecule has 10 heteroatoms. The highest BCUT2D eigenvalue weighted by Crippen LogP contribution is 2.19. The van der Waals surface area contributed by atoms with Crippen molar-refractivity contribution in [1.29, 1.82) is 0 Å². The number of hydrazine groups is 1. The van der Waals surface area contributed by atoms with Crippen molar-refractivity contribution in [1.82, 2.24) is 10.9 Å². The fourth-order valence-electron chi connectivity index (χ4n) is 2.44. The van der Waals surface area contributed by atoms with Crippen LogP contribution < -0.4 is 20.7 Å². The van der Waals surface area contributed by atoms with Crippen LogP contribution in [-0.2, 0) is 14.8 Å². The van der Waals surface area contributed by atoms with Gasteiger partial charge in [-0.25, -0.2) is 17.9 Å². The molecule has 150 valence electrons. The van der Waals surface area contributed by atoms with Crippen molar-refractivity contribution in [3.8, 4) is 5.75 Å². The van der Waals surface area contributed by atoms with E-state index in [1.54, 1.807) is 13.8 Å². The summed E-state index contributed by atoms with van der Waals surface area (Å²) in [4.78, 5) is 24.2. The molecule has 1 unspecified atom stereocenters. The third-order valence-corrected chi connectivity index (χ3v) is 4.92. The number of halogens is 1. The van der Waals surface area contributed by atoms with Gasteiger partial charge >= 0.3 is 0 Å². The molecule has 4 N–H and O–H groups in total. The molecular weight excluding hydrogens is 389 g/mol. The van der Waals surface area contributed by atoms with Gasteiger partial charge in [0.15, 0.2) is 6.10 Å². The van der Waals surface area contributed by atoms with E-state index in [0.717, 1.165) is 6.07 Å². The molecule has 0 aliphatic rings. The van der Waals surface area contributed by atoms with Crippen LogP contribution in [0.3, 0.4) is 0 Å². The van der Waals surface area contributed by atoms with Crippen LogP contribution in [0.5, 0.6) is 5.75 Å². The Hall–Kier alpha value is -2.98. The number of carbonyl (C=O) groups is 2. The molecule has 0 aliphatic carbocycles. The third kappa shape index (κ3) is 5.27. The molecular formula is C18H20FN3O5S. The molecule has 2 rings (SSSR count). The molecule has 1 atom stereocenters. The molecule has 2 aromatic carbocycles. The first-order valence-electron chi connectivity index (χ1n) is 8.15. The van der Waals surface area contributed by atoms with Crippen LogP contribution in [0.25, 0.3) is 0 Å². The van der Waals surface area contributed by atoms with Crippen LogP contribution in [0.2, 0.25) is 0 Å². The second kappa shape index (κ2) is 8.36. The van der Waals surface area contributed by atoms with Gasteiger partial charge in [-0.1, -0.05) is 6.07 Å². The minimum atomic E-state index is -4.00. The number of aryl methyl sites for hydroxylation is 2. The number of benzene rings is 2. The zero-order chi connectivity index (χ0) is 21.1. The van der Waals surface area contributed by atoms with Crippen LogP contribution >= 0.6 is 0 Å². The predicted molar refractivity (Wildman–Crippen MR) is 99.4 cm³/mol. The summed E-state index contributed by atoms with van der Waals surface area (Å²) in [6.45, 7) is 4.63. The van der Waals surface area contributed by atoms with E-state index in [-0.39, 0.29) is 16.2 Å². The summed E-state index contributed by atoms with van der Waals surface area (Å²) < 4.78 is 41.5. The highest BCUT2D eigenvalue weighted by atomic mass is 32.2. The Morgan fingerprint density at radius 3 is 2.25 bits per heavy atom. The molecule has 0 spiro atoms. The quantitative estimate of drug-likeness (QED) is 0.642. The molecule has 0 bridgehead atoms.